The van der Waals surface area contributed by atoms with Gasteiger partial charge in [0.15, 0.2) is 0 Å². The maximum absolute atomic E-state index is 13.2. The van der Waals surface area contributed by atoms with Gasteiger partial charge in [-0.25, -0.2) is 4.79 Å². The van der Waals surface area contributed by atoms with Crippen LogP contribution in [0.2, 0.25) is 0 Å². The van der Waals surface area contributed by atoms with Gasteiger partial charge in [0.2, 0.25) is 0 Å². The Bertz CT molecular complexity index is 1370. The van der Waals surface area contributed by atoms with Crippen LogP contribution in [0.4, 0.5) is 16.2 Å². The summed E-state index contributed by atoms with van der Waals surface area (Å²) < 4.78 is 11.2. The number of morpholine rings is 1. The number of cyclic esters (lactones) is 1. The molecule has 2 heterocycles. The van der Waals surface area contributed by atoms with Crippen LogP contribution in [0, 0.1) is 0 Å². The van der Waals surface area contributed by atoms with Crippen molar-refractivity contribution in [1.82, 2.24) is 0 Å². The van der Waals surface area contributed by atoms with E-state index >= 15 is 0 Å². The lowest BCUT2D eigenvalue weighted by Gasteiger charge is -2.42. The zero-order valence-corrected chi connectivity index (χ0v) is 22.1. The van der Waals surface area contributed by atoms with Gasteiger partial charge in [-0.2, -0.15) is 0 Å². The van der Waals surface area contributed by atoms with E-state index in [0.717, 1.165) is 22.4 Å². The first-order valence-electron chi connectivity index (χ1n) is 13.5. The lowest BCUT2D eigenvalue weighted by atomic mass is 9.63. The van der Waals surface area contributed by atoms with Gasteiger partial charge in [0.05, 0.1) is 24.6 Å². The number of hydrogen-bond donors (Lipinski definition) is 1. The lowest BCUT2D eigenvalue weighted by Crippen LogP contribution is -2.55. The summed E-state index contributed by atoms with van der Waals surface area (Å²) >= 11 is 0. The second-order valence-electron chi connectivity index (χ2n) is 10.1. The van der Waals surface area contributed by atoms with Crippen molar-refractivity contribution in [2.24, 2.45) is 5.73 Å². The van der Waals surface area contributed by atoms with Crippen molar-refractivity contribution in [3.8, 4) is 0 Å². The molecular formula is C33H31N3O4. The molecule has 40 heavy (non-hydrogen) atoms. The maximum atomic E-state index is 13.2. The van der Waals surface area contributed by atoms with Gasteiger partial charge < -0.3 is 20.1 Å². The van der Waals surface area contributed by atoms with E-state index < -0.39 is 23.7 Å². The Morgan fingerprint density at radius 3 is 1.65 bits per heavy atom. The molecule has 4 aromatic carbocycles. The highest BCUT2D eigenvalue weighted by Gasteiger charge is 2.49. The van der Waals surface area contributed by atoms with Gasteiger partial charge >= 0.3 is 6.09 Å². The highest BCUT2D eigenvalue weighted by atomic mass is 16.6. The summed E-state index contributed by atoms with van der Waals surface area (Å²) in [6.07, 6.45) is -1.03. The Morgan fingerprint density at radius 2 is 1.18 bits per heavy atom. The van der Waals surface area contributed by atoms with E-state index in [1.54, 1.807) is 9.80 Å². The van der Waals surface area contributed by atoms with Crippen LogP contribution in [0.5, 0.6) is 0 Å². The summed E-state index contributed by atoms with van der Waals surface area (Å²) in [5, 5.41) is 0. The molecule has 2 atom stereocenters. The molecule has 0 aliphatic carbocycles. The molecule has 2 N–H and O–H groups in total. The van der Waals surface area contributed by atoms with Crippen LogP contribution in [0.3, 0.4) is 0 Å². The quantitative estimate of drug-likeness (QED) is 0.347. The standard InChI is InChI=1S/C33H31N3O4/c34-31(29-22-36(32(38)40-29)28-18-16-27(17-19-28)35-20-21-39-23-30(35)37)33(24-10-4-1-5-11-24,25-12-6-2-7-13-25)26-14-8-3-9-15-26/h1-19,29,31H,20-23,34H2/t29-,31?/m0/s1. The molecule has 2 aliphatic rings. The van der Waals surface area contributed by atoms with Crippen molar-refractivity contribution in [2.45, 2.75) is 17.6 Å². The molecule has 2 aliphatic heterocycles. The molecule has 202 valence electrons. The first-order chi connectivity index (χ1) is 19.6. The Balaban J connectivity index is 1.36. The van der Waals surface area contributed by atoms with Crippen LogP contribution < -0.4 is 15.5 Å². The molecule has 0 radical (unpaired) electrons. The third kappa shape index (κ3) is 4.53. The maximum Gasteiger partial charge on any atom is 0.414 e. The Labute approximate surface area is 233 Å². The summed E-state index contributed by atoms with van der Waals surface area (Å²) in [5.41, 5.74) is 11.0. The molecule has 7 nitrogen and oxygen atoms in total. The number of carbonyl (C=O) groups excluding carboxylic acids is 2. The lowest BCUT2D eigenvalue weighted by molar-refractivity contribution is -0.125. The monoisotopic (exact) mass is 533 g/mol. The van der Waals surface area contributed by atoms with Crippen LogP contribution in [-0.2, 0) is 19.7 Å². The summed E-state index contributed by atoms with van der Waals surface area (Å²) in [4.78, 5) is 28.8. The molecule has 0 spiro atoms. The second-order valence-corrected chi connectivity index (χ2v) is 10.1. The second kappa shape index (κ2) is 11.0. The Kier molecular flexibility index (Phi) is 7.07. The number of benzene rings is 4. The molecular weight excluding hydrogens is 502 g/mol. The SMILES string of the molecule is NC([C@@H]1CN(c2ccc(N3CCOCC3=O)cc2)C(=O)O1)C(c1ccccc1)(c1ccccc1)c1ccccc1. The number of amides is 2. The number of nitrogens with zero attached hydrogens (tertiary/aromatic N) is 2. The number of ether oxygens (including phenoxy) is 2. The van der Waals surface area contributed by atoms with Gasteiger partial charge in [-0.05, 0) is 41.0 Å². The molecule has 4 aromatic rings. The zero-order chi connectivity index (χ0) is 27.5. The van der Waals surface area contributed by atoms with Crippen LogP contribution in [0.25, 0.3) is 0 Å². The average Bonchev–Trinajstić information content (AvgIpc) is 3.41. The third-order valence-corrected chi connectivity index (χ3v) is 7.88. The average molecular weight is 534 g/mol. The van der Waals surface area contributed by atoms with Crippen LogP contribution in [-0.4, -0.2) is 50.4 Å². The van der Waals surface area contributed by atoms with E-state index in [0.29, 0.717) is 25.4 Å². The topological polar surface area (TPSA) is 85.1 Å². The first kappa shape index (κ1) is 25.8. The molecule has 0 aromatic heterocycles. The predicted molar refractivity (Wildman–Crippen MR) is 154 cm³/mol. The van der Waals surface area contributed by atoms with Crippen molar-refractivity contribution < 1.29 is 19.1 Å². The largest absolute Gasteiger partial charge is 0.442 e. The Morgan fingerprint density at radius 1 is 0.700 bits per heavy atom. The fourth-order valence-corrected chi connectivity index (χ4v) is 5.95. The minimum atomic E-state index is -0.773. The molecule has 2 fully saturated rings. The molecule has 7 heteroatoms. The van der Waals surface area contributed by atoms with Gasteiger partial charge in [0.25, 0.3) is 5.91 Å². The van der Waals surface area contributed by atoms with E-state index in [4.69, 9.17) is 15.2 Å². The van der Waals surface area contributed by atoms with Crippen molar-refractivity contribution in [3.05, 3.63) is 132 Å². The van der Waals surface area contributed by atoms with Crippen LogP contribution in [0.1, 0.15) is 16.7 Å². The van der Waals surface area contributed by atoms with Gasteiger partial charge in [-0.3, -0.25) is 9.69 Å². The highest BCUT2D eigenvalue weighted by Crippen LogP contribution is 2.44. The third-order valence-electron chi connectivity index (χ3n) is 7.88. The van der Waals surface area contributed by atoms with E-state index in [1.165, 1.54) is 0 Å². The van der Waals surface area contributed by atoms with Gasteiger partial charge in [-0.1, -0.05) is 91.0 Å². The van der Waals surface area contributed by atoms with Crippen LogP contribution >= 0.6 is 0 Å². The molecule has 1 unspecified atom stereocenters. The number of rotatable bonds is 7. The van der Waals surface area contributed by atoms with Gasteiger partial charge in [-0.15, -0.1) is 0 Å². The normalized spacial score (nSPS) is 18.5. The number of nitrogens with two attached hydrogens (primary N) is 1. The molecule has 0 saturated carbocycles. The van der Waals surface area contributed by atoms with E-state index in [2.05, 4.69) is 36.4 Å². The van der Waals surface area contributed by atoms with Gasteiger partial charge in [0.1, 0.15) is 12.7 Å². The summed E-state index contributed by atoms with van der Waals surface area (Å²) in [6.45, 7) is 1.37. The van der Waals surface area contributed by atoms with Crippen LogP contribution in [0.15, 0.2) is 115 Å². The first-order valence-corrected chi connectivity index (χ1v) is 13.5. The Hall–Kier alpha value is -4.46. The van der Waals surface area contributed by atoms with E-state index in [-0.39, 0.29) is 12.5 Å². The fraction of sp³-hybridized carbons (Fsp3) is 0.212. The van der Waals surface area contributed by atoms with Crippen molar-refractivity contribution >= 4 is 23.4 Å². The van der Waals surface area contributed by atoms with Gasteiger partial charge in [0, 0.05) is 17.9 Å². The smallest absolute Gasteiger partial charge is 0.414 e. The summed E-state index contributed by atoms with van der Waals surface area (Å²) in [5.74, 6) is -0.0790. The molecule has 0 bridgehead atoms. The molecule has 2 saturated heterocycles. The number of carbonyl (C=O) groups is 2. The minimum absolute atomic E-state index is 0.0752. The fourth-order valence-electron chi connectivity index (χ4n) is 5.95. The van der Waals surface area contributed by atoms with Crippen molar-refractivity contribution in [1.29, 1.82) is 0 Å². The summed E-state index contributed by atoms with van der Waals surface area (Å²) in [7, 11) is 0. The predicted octanol–water partition coefficient (Wildman–Crippen LogP) is 4.74. The molecule has 6 rings (SSSR count). The van der Waals surface area contributed by atoms with Crippen molar-refractivity contribution in [3.63, 3.8) is 0 Å². The van der Waals surface area contributed by atoms with E-state index in [9.17, 15) is 9.59 Å². The zero-order valence-electron chi connectivity index (χ0n) is 22.1. The number of anilines is 2. The highest BCUT2D eigenvalue weighted by molar-refractivity contribution is 5.95. The van der Waals surface area contributed by atoms with E-state index in [1.807, 2.05) is 78.9 Å². The summed E-state index contributed by atoms with van der Waals surface area (Å²) in [6, 6.07) is 37.3. The molecule has 2 amide bonds. The number of hydrogen-bond acceptors (Lipinski definition) is 5. The van der Waals surface area contributed by atoms with Crippen molar-refractivity contribution in [2.75, 3.05) is 36.1 Å². The minimum Gasteiger partial charge on any atom is -0.442 e.